The van der Waals surface area contributed by atoms with Crippen molar-refractivity contribution in [2.24, 2.45) is 0 Å². The Morgan fingerprint density at radius 3 is 1.50 bits per heavy atom. The summed E-state index contributed by atoms with van der Waals surface area (Å²) in [5.41, 5.74) is -3.96. The molecule has 0 aromatic rings. The summed E-state index contributed by atoms with van der Waals surface area (Å²) < 4.78 is 32.4. The van der Waals surface area contributed by atoms with Crippen LogP contribution in [0.15, 0.2) is 0 Å². The fourth-order valence-corrected chi connectivity index (χ4v) is 0. The molecule has 0 fully saturated rings. The van der Waals surface area contributed by atoms with E-state index in [-0.39, 0.29) is 25.5 Å². The molecule has 0 amide bonds. The second-order valence-electron chi connectivity index (χ2n) is 0.650. The van der Waals surface area contributed by atoms with Crippen LogP contribution < -0.4 is 0 Å². The molecule has 0 rings (SSSR count). The summed E-state index contributed by atoms with van der Waals surface area (Å²) in [5.74, 6) is 0. The SMILES string of the molecule is FC(F)(F)[S][GeH3]. The van der Waals surface area contributed by atoms with Crippen molar-refractivity contribution in [3.63, 3.8) is 0 Å². The Bertz CT molecular complexity index is 40.5. The van der Waals surface area contributed by atoms with E-state index in [1.807, 2.05) is 0 Å². The Balaban J connectivity index is 3.17. The van der Waals surface area contributed by atoms with Crippen LogP contribution in [-0.2, 0) is 0 Å². The third-order valence-electron chi connectivity index (χ3n) is 0.231. The van der Waals surface area contributed by atoms with Gasteiger partial charge in [0.05, 0.1) is 0 Å². The molecule has 0 atom stereocenters. The predicted molar refractivity (Wildman–Crippen MR) is 23.6 cm³/mol. The molecule has 0 heterocycles. The monoisotopic (exact) mass is 178 g/mol. The van der Waals surface area contributed by atoms with Gasteiger partial charge in [0.15, 0.2) is 0 Å². The van der Waals surface area contributed by atoms with E-state index < -0.39 is 5.51 Å². The molecule has 0 bridgehead atoms. The van der Waals surface area contributed by atoms with Gasteiger partial charge in [0.25, 0.3) is 0 Å². The number of halogens is 3. The van der Waals surface area contributed by atoms with E-state index in [1.54, 1.807) is 0 Å². The van der Waals surface area contributed by atoms with Gasteiger partial charge in [0.2, 0.25) is 0 Å². The van der Waals surface area contributed by atoms with E-state index in [4.69, 9.17) is 0 Å². The first kappa shape index (κ1) is 6.68. The zero-order valence-corrected chi connectivity index (χ0v) is 8.05. The summed E-state index contributed by atoms with van der Waals surface area (Å²) in [6, 6.07) is 0. The van der Waals surface area contributed by atoms with Crippen LogP contribution in [-0.4, -0.2) is 20.9 Å². The first-order chi connectivity index (χ1) is 2.56. The van der Waals surface area contributed by atoms with Crippen molar-refractivity contribution in [3.8, 4) is 0 Å². The Hall–Kier alpha value is 0.683. The van der Waals surface area contributed by atoms with Crippen LogP contribution in [0.5, 0.6) is 0 Å². The summed E-state index contributed by atoms with van der Waals surface area (Å²) in [5, 5.41) is 0. The first-order valence-electron chi connectivity index (χ1n) is 1.18. The van der Waals surface area contributed by atoms with Gasteiger partial charge >= 0.3 is 44.1 Å². The standard InChI is InChI=1S/CH3F3GeS/c2-1(3,4)6-5/h5H3. The van der Waals surface area contributed by atoms with E-state index in [9.17, 15) is 13.2 Å². The Morgan fingerprint density at radius 1 is 1.33 bits per heavy atom. The van der Waals surface area contributed by atoms with E-state index in [2.05, 4.69) is 0 Å². The van der Waals surface area contributed by atoms with Crippen molar-refractivity contribution in [1.82, 2.24) is 0 Å². The minimum absolute atomic E-state index is 0.0694. The Kier molecular flexibility index (Phi) is 2.35. The van der Waals surface area contributed by atoms with Gasteiger partial charge in [-0.25, -0.2) is 0 Å². The van der Waals surface area contributed by atoms with Crippen LogP contribution in [0.25, 0.3) is 0 Å². The summed E-state index contributed by atoms with van der Waals surface area (Å²) in [7, 11) is 0.0694. The topological polar surface area (TPSA) is 0 Å². The number of hydrogen-bond acceptors (Lipinski definition) is 1. The number of rotatable bonds is 0. The van der Waals surface area contributed by atoms with Gasteiger partial charge < -0.3 is 0 Å². The van der Waals surface area contributed by atoms with Gasteiger partial charge in [-0.3, -0.25) is 0 Å². The van der Waals surface area contributed by atoms with E-state index in [0.29, 0.717) is 0 Å². The molecule has 0 radical (unpaired) electrons. The van der Waals surface area contributed by atoms with Crippen LogP contribution in [0.3, 0.4) is 0 Å². The van der Waals surface area contributed by atoms with Crippen molar-refractivity contribution in [2.75, 3.05) is 0 Å². The Labute approximate surface area is 44.7 Å². The molecule has 38 valence electrons. The molecule has 0 unspecified atom stereocenters. The molecule has 0 saturated carbocycles. The summed E-state index contributed by atoms with van der Waals surface area (Å²) in [6.07, 6.45) is 0. The fourth-order valence-electron chi connectivity index (χ4n) is 0. The van der Waals surface area contributed by atoms with Crippen molar-refractivity contribution in [1.29, 1.82) is 0 Å². The van der Waals surface area contributed by atoms with Crippen LogP contribution in [0.2, 0.25) is 0 Å². The Morgan fingerprint density at radius 2 is 1.50 bits per heavy atom. The molecule has 0 aliphatic heterocycles. The summed E-state index contributed by atoms with van der Waals surface area (Å²) >= 11 is -0.161. The zero-order valence-electron chi connectivity index (χ0n) is 3.04. The molecule has 6 heavy (non-hydrogen) atoms. The van der Waals surface area contributed by atoms with Crippen LogP contribution >= 0.6 is 10.1 Å². The van der Waals surface area contributed by atoms with Crippen molar-refractivity contribution >= 4 is 25.5 Å². The maximum atomic E-state index is 10.8. The van der Waals surface area contributed by atoms with Gasteiger partial charge in [0.1, 0.15) is 0 Å². The fraction of sp³-hybridized carbons (Fsp3) is 1.00. The molecule has 0 N–H and O–H groups in total. The van der Waals surface area contributed by atoms with Crippen LogP contribution in [0.1, 0.15) is 0 Å². The minimum atomic E-state index is -3.96. The van der Waals surface area contributed by atoms with Gasteiger partial charge in [-0.1, -0.05) is 0 Å². The van der Waals surface area contributed by atoms with Crippen LogP contribution in [0, 0.1) is 0 Å². The first-order valence-corrected chi connectivity index (χ1v) is 7.54. The average Bonchev–Trinajstić information content (AvgIpc) is 1.35. The third-order valence-corrected chi connectivity index (χ3v) is 3.61. The van der Waals surface area contributed by atoms with Gasteiger partial charge in [-0.05, 0) is 0 Å². The van der Waals surface area contributed by atoms with Gasteiger partial charge in [-0.15, -0.1) is 0 Å². The third kappa shape index (κ3) is 4.68. The van der Waals surface area contributed by atoms with E-state index in [0.717, 1.165) is 0 Å². The zero-order chi connectivity index (χ0) is 5.21. The molecule has 0 aliphatic carbocycles. The molecule has 0 aliphatic rings. The molecular formula is CH3F3GeS. The molecule has 5 heteroatoms. The van der Waals surface area contributed by atoms with E-state index >= 15 is 0 Å². The molecule has 0 spiro atoms. The maximum absolute atomic E-state index is 10.8. The molecular weight excluding hydrogens is 174 g/mol. The summed E-state index contributed by atoms with van der Waals surface area (Å²) in [4.78, 5) is 0. The van der Waals surface area contributed by atoms with Gasteiger partial charge in [0, 0.05) is 0 Å². The number of hydrogen-bond donors (Lipinski definition) is 0. The molecule has 0 aromatic heterocycles. The van der Waals surface area contributed by atoms with Gasteiger partial charge in [-0.2, -0.15) is 0 Å². The second kappa shape index (κ2) is 2.11. The normalized spacial score (nSPS) is 12.5. The average molecular weight is 177 g/mol. The molecule has 0 aromatic carbocycles. The molecule has 0 nitrogen and oxygen atoms in total. The van der Waals surface area contributed by atoms with Crippen molar-refractivity contribution < 1.29 is 13.2 Å². The predicted octanol–water partition coefficient (Wildman–Crippen LogP) is 0.520. The summed E-state index contributed by atoms with van der Waals surface area (Å²) in [6.45, 7) is 0. The van der Waals surface area contributed by atoms with E-state index in [1.165, 1.54) is 0 Å². The van der Waals surface area contributed by atoms with Crippen LogP contribution in [0.4, 0.5) is 13.2 Å². The molecule has 0 saturated heterocycles. The quantitative estimate of drug-likeness (QED) is 0.485. The second-order valence-corrected chi connectivity index (χ2v) is 4.09. The van der Waals surface area contributed by atoms with Crippen molar-refractivity contribution in [3.05, 3.63) is 0 Å². The number of alkyl halides is 3. The van der Waals surface area contributed by atoms with Crippen molar-refractivity contribution in [2.45, 2.75) is 5.51 Å².